The smallest absolute Gasteiger partial charge is 0.226 e. The van der Waals surface area contributed by atoms with Crippen LogP contribution >= 0.6 is 11.6 Å². The summed E-state index contributed by atoms with van der Waals surface area (Å²) in [4.78, 5) is 25.2. The molecule has 0 aromatic carbocycles. The monoisotopic (exact) mass is 292 g/mol. The molecule has 2 aliphatic heterocycles. The van der Waals surface area contributed by atoms with E-state index in [0.717, 1.165) is 43.0 Å². The second-order valence-corrected chi connectivity index (χ2v) is 6.24. The molecule has 0 N–H and O–H groups in total. The summed E-state index contributed by atoms with van der Waals surface area (Å²) >= 11 is 6.03. The van der Waals surface area contributed by atoms with E-state index in [1.165, 1.54) is 12.8 Å². The van der Waals surface area contributed by atoms with Gasteiger partial charge >= 0.3 is 0 Å². The van der Waals surface area contributed by atoms with Crippen molar-refractivity contribution < 1.29 is 4.79 Å². The fourth-order valence-corrected chi connectivity index (χ4v) is 3.25. The maximum Gasteiger partial charge on any atom is 0.226 e. The Kier molecular flexibility index (Phi) is 2.84. The van der Waals surface area contributed by atoms with E-state index in [4.69, 9.17) is 11.6 Å². The van der Waals surface area contributed by atoms with Gasteiger partial charge in [0.1, 0.15) is 5.82 Å². The molecule has 5 nitrogen and oxygen atoms in total. The Morgan fingerprint density at radius 1 is 1.15 bits per heavy atom. The number of halogens is 1. The number of fused-ring (bicyclic) bond motifs is 1. The molecule has 0 bridgehead atoms. The third-order valence-corrected chi connectivity index (χ3v) is 4.82. The zero-order chi connectivity index (χ0) is 13.7. The number of carbonyl (C=O) groups is 1. The van der Waals surface area contributed by atoms with E-state index in [1.807, 2.05) is 4.90 Å². The quantitative estimate of drug-likeness (QED) is 0.782. The number of anilines is 1. The summed E-state index contributed by atoms with van der Waals surface area (Å²) in [6, 6.07) is 0. The Bertz CT molecular complexity index is 569. The van der Waals surface area contributed by atoms with E-state index in [-0.39, 0.29) is 11.8 Å². The normalized spacial score (nSPS) is 21.4. The van der Waals surface area contributed by atoms with Crippen molar-refractivity contribution in [2.24, 2.45) is 5.92 Å². The third kappa shape index (κ3) is 1.87. The number of rotatable bonds is 2. The summed E-state index contributed by atoms with van der Waals surface area (Å²) in [5.74, 6) is 1.45. The lowest BCUT2D eigenvalue weighted by molar-refractivity contribution is -0.138. The van der Waals surface area contributed by atoms with Crippen LogP contribution in [0.4, 0.5) is 5.82 Å². The van der Waals surface area contributed by atoms with Gasteiger partial charge in [0.25, 0.3) is 0 Å². The molecule has 1 aliphatic carbocycles. The van der Waals surface area contributed by atoms with Gasteiger partial charge in [-0.1, -0.05) is 6.42 Å². The summed E-state index contributed by atoms with van der Waals surface area (Å²) in [6.45, 7) is 3.29. The van der Waals surface area contributed by atoms with Crippen LogP contribution in [0.1, 0.15) is 36.9 Å². The first-order valence-corrected chi connectivity index (χ1v) is 7.69. The molecule has 0 spiro atoms. The minimum Gasteiger partial charge on any atom is -0.356 e. The third-order valence-electron chi connectivity index (χ3n) is 4.65. The first kappa shape index (κ1) is 12.4. The zero-order valence-corrected chi connectivity index (χ0v) is 12.1. The van der Waals surface area contributed by atoms with Crippen LogP contribution < -0.4 is 4.90 Å². The molecule has 1 aromatic heterocycles. The number of hydrogen-bond donors (Lipinski definition) is 0. The molecule has 2 fully saturated rings. The number of carbonyl (C=O) groups excluding carboxylic acids is 1. The topological polar surface area (TPSA) is 49.3 Å². The molecule has 0 radical (unpaired) electrons. The molecular weight excluding hydrogens is 276 g/mol. The summed E-state index contributed by atoms with van der Waals surface area (Å²) in [7, 11) is 0. The summed E-state index contributed by atoms with van der Waals surface area (Å²) in [6.07, 6.45) is 4.46. The van der Waals surface area contributed by atoms with Gasteiger partial charge in [0.05, 0.1) is 18.8 Å². The van der Waals surface area contributed by atoms with E-state index < -0.39 is 0 Å². The number of aromatic nitrogens is 2. The van der Waals surface area contributed by atoms with Crippen molar-refractivity contribution in [3.05, 3.63) is 16.5 Å². The Balaban J connectivity index is 1.61. The van der Waals surface area contributed by atoms with Crippen molar-refractivity contribution in [2.45, 2.75) is 38.8 Å². The Hall–Kier alpha value is -1.36. The van der Waals surface area contributed by atoms with Gasteiger partial charge in [-0.3, -0.25) is 4.79 Å². The molecule has 1 saturated carbocycles. The molecule has 3 heterocycles. The van der Waals surface area contributed by atoms with Gasteiger partial charge in [0.15, 0.2) is 0 Å². The van der Waals surface area contributed by atoms with E-state index in [2.05, 4.69) is 14.9 Å². The van der Waals surface area contributed by atoms with Crippen molar-refractivity contribution in [1.82, 2.24) is 14.9 Å². The summed E-state index contributed by atoms with van der Waals surface area (Å²) in [5, 5.41) is 0.295. The van der Waals surface area contributed by atoms with Crippen molar-refractivity contribution >= 4 is 23.3 Å². The lowest BCUT2D eigenvalue weighted by atomic mass is 9.84. The summed E-state index contributed by atoms with van der Waals surface area (Å²) in [5.41, 5.74) is 2.03. The van der Waals surface area contributed by atoms with Crippen molar-refractivity contribution in [1.29, 1.82) is 0 Å². The van der Waals surface area contributed by atoms with E-state index in [9.17, 15) is 4.79 Å². The highest BCUT2D eigenvalue weighted by Gasteiger charge is 2.35. The van der Waals surface area contributed by atoms with E-state index in [0.29, 0.717) is 18.4 Å². The average Bonchev–Trinajstić information content (AvgIpc) is 2.67. The molecule has 6 heteroatoms. The Morgan fingerprint density at radius 3 is 2.55 bits per heavy atom. The standard InChI is InChI=1S/C14H17ClN4O/c15-14-16-11-8-19(13(20)9-3-1-4-9)7-10(11)12(17-14)18-5-2-6-18/h9H,1-8H2. The summed E-state index contributed by atoms with van der Waals surface area (Å²) < 4.78 is 0. The fraction of sp³-hybridized carbons (Fsp3) is 0.643. The highest BCUT2D eigenvalue weighted by molar-refractivity contribution is 6.28. The second-order valence-electron chi connectivity index (χ2n) is 5.90. The Morgan fingerprint density at radius 2 is 1.95 bits per heavy atom. The van der Waals surface area contributed by atoms with Gasteiger partial charge in [0.2, 0.25) is 11.2 Å². The van der Waals surface area contributed by atoms with Crippen LogP contribution in [0.15, 0.2) is 0 Å². The maximum absolute atomic E-state index is 12.4. The van der Waals surface area contributed by atoms with Gasteiger partial charge in [0, 0.05) is 24.6 Å². The highest BCUT2D eigenvalue weighted by atomic mass is 35.5. The number of amides is 1. The molecular formula is C14H17ClN4O. The number of nitrogens with zero attached hydrogens (tertiary/aromatic N) is 4. The first-order chi connectivity index (χ1) is 9.72. The molecule has 0 atom stereocenters. The van der Waals surface area contributed by atoms with Crippen molar-refractivity contribution in [3.63, 3.8) is 0 Å². The van der Waals surface area contributed by atoms with Crippen LogP contribution in [-0.2, 0) is 17.9 Å². The van der Waals surface area contributed by atoms with E-state index >= 15 is 0 Å². The first-order valence-electron chi connectivity index (χ1n) is 7.31. The van der Waals surface area contributed by atoms with Crippen LogP contribution in [0, 0.1) is 5.92 Å². The van der Waals surface area contributed by atoms with E-state index in [1.54, 1.807) is 0 Å². The van der Waals surface area contributed by atoms with Gasteiger partial charge in [-0.15, -0.1) is 0 Å². The second kappa shape index (κ2) is 4.58. The lowest BCUT2D eigenvalue weighted by Crippen LogP contribution is -2.39. The maximum atomic E-state index is 12.4. The van der Waals surface area contributed by atoms with Crippen molar-refractivity contribution in [3.8, 4) is 0 Å². The van der Waals surface area contributed by atoms with Crippen LogP contribution in [0.5, 0.6) is 0 Å². The lowest BCUT2D eigenvalue weighted by Gasteiger charge is -2.33. The molecule has 20 heavy (non-hydrogen) atoms. The minimum atomic E-state index is 0.236. The number of hydrogen-bond acceptors (Lipinski definition) is 4. The van der Waals surface area contributed by atoms with Gasteiger partial charge in [-0.25, -0.2) is 9.97 Å². The molecule has 3 aliphatic rings. The van der Waals surface area contributed by atoms with Gasteiger partial charge < -0.3 is 9.80 Å². The SMILES string of the molecule is O=C(C1CCC1)N1Cc2nc(Cl)nc(N3CCC3)c2C1. The van der Waals surface area contributed by atoms with Crippen LogP contribution in [0.25, 0.3) is 0 Å². The van der Waals surface area contributed by atoms with Crippen LogP contribution in [0.2, 0.25) is 5.28 Å². The van der Waals surface area contributed by atoms with Crippen LogP contribution in [0.3, 0.4) is 0 Å². The highest BCUT2D eigenvalue weighted by Crippen LogP contribution is 2.35. The zero-order valence-electron chi connectivity index (χ0n) is 11.3. The molecule has 106 valence electrons. The average molecular weight is 293 g/mol. The van der Waals surface area contributed by atoms with Crippen molar-refractivity contribution in [2.75, 3.05) is 18.0 Å². The molecule has 1 saturated heterocycles. The molecule has 1 amide bonds. The predicted octanol–water partition coefficient (Wildman–Crippen LogP) is 1.98. The minimum absolute atomic E-state index is 0.236. The molecule has 0 unspecified atom stereocenters. The van der Waals surface area contributed by atoms with Gasteiger partial charge in [-0.05, 0) is 30.9 Å². The van der Waals surface area contributed by atoms with Crippen LogP contribution in [-0.4, -0.2) is 33.9 Å². The molecule has 1 aromatic rings. The molecule has 4 rings (SSSR count). The largest absolute Gasteiger partial charge is 0.356 e. The van der Waals surface area contributed by atoms with Gasteiger partial charge in [-0.2, -0.15) is 0 Å². The Labute approximate surface area is 122 Å². The predicted molar refractivity (Wildman–Crippen MR) is 75.5 cm³/mol. The fourth-order valence-electron chi connectivity index (χ4n) is 3.07.